The Morgan fingerprint density at radius 2 is 2.08 bits per heavy atom. The third kappa shape index (κ3) is 4.18. The van der Waals surface area contributed by atoms with Crippen LogP contribution in [-0.2, 0) is 0 Å². The number of nitrogens with one attached hydrogen (secondary N) is 1. The van der Waals surface area contributed by atoms with Crippen molar-refractivity contribution in [2.45, 2.75) is 50.3 Å². The van der Waals surface area contributed by atoms with Crippen molar-refractivity contribution < 1.29 is 4.79 Å². The van der Waals surface area contributed by atoms with E-state index in [4.69, 9.17) is 0 Å². The van der Waals surface area contributed by atoms with Gasteiger partial charge < -0.3 is 10.2 Å². The van der Waals surface area contributed by atoms with E-state index in [1.807, 2.05) is 30.0 Å². The van der Waals surface area contributed by atoms with Crippen molar-refractivity contribution in [1.29, 1.82) is 0 Å². The van der Waals surface area contributed by atoms with Gasteiger partial charge in [-0.1, -0.05) is 26.0 Å². The number of amides is 2. The maximum atomic E-state index is 12.7. The molecule has 5 nitrogen and oxygen atoms in total. The fourth-order valence-electron chi connectivity index (χ4n) is 3.26. The SMILES string of the molecule is Cc1cc(C)n(C2CCN(C(=O)Nc3ccccc3SC(C)C)C2)n1. The molecule has 1 N–H and O–H groups in total. The number of urea groups is 1. The standard InChI is InChI=1S/C19H26N4OS/c1-13(2)25-18-8-6-5-7-17(18)20-19(24)22-10-9-16(12-22)23-15(4)11-14(3)21-23/h5-8,11,13,16H,9-10,12H2,1-4H3,(H,20,24). The van der Waals surface area contributed by atoms with Gasteiger partial charge in [0, 0.05) is 28.9 Å². The number of thioether (sulfide) groups is 1. The summed E-state index contributed by atoms with van der Waals surface area (Å²) in [4.78, 5) is 15.7. The Balaban J connectivity index is 1.66. The molecule has 0 saturated carbocycles. The third-order valence-electron chi connectivity index (χ3n) is 4.33. The number of aryl methyl sites for hydroxylation is 2. The summed E-state index contributed by atoms with van der Waals surface area (Å²) in [5, 5.41) is 8.13. The van der Waals surface area contributed by atoms with Crippen LogP contribution >= 0.6 is 11.8 Å². The number of likely N-dealkylation sites (tertiary alicyclic amines) is 1. The zero-order valence-corrected chi connectivity index (χ0v) is 16.1. The first-order valence-corrected chi connectivity index (χ1v) is 9.66. The first-order chi connectivity index (χ1) is 11.9. The van der Waals surface area contributed by atoms with Crippen LogP contribution in [0.15, 0.2) is 35.2 Å². The average molecular weight is 359 g/mol. The summed E-state index contributed by atoms with van der Waals surface area (Å²) in [5.74, 6) is 0. The lowest BCUT2D eigenvalue weighted by Gasteiger charge is -2.19. The second-order valence-electron chi connectivity index (χ2n) is 6.85. The Kier molecular flexibility index (Phi) is 5.37. The van der Waals surface area contributed by atoms with Crippen molar-refractivity contribution in [3.05, 3.63) is 41.7 Å². The van der Waals surface area contributed by atoms with Gasteiger partial charge >= 0.3 is 6.03 Å². The van der Waals surface area contributed by atoms with Gasteiger partial charge in [0.1, 0.15) is 0 Å². The molecular weight excluding hydrogens is 332 g/mol. The van der Waals surface area contributed by atoms with Gasteiger partial charge in [0.15, 0.2) is 0 Å². The summed E-state index contributed by atoms with van der Waals surface area (Å²) < 4.78 is 2.06. The fourth-order valence-corrected chi connectivity index (χ4v) is 4.17. The van der Waals surface area contributed by atoms with Gasteiger partial charge in [-0.2, -0.15) is 5.10 Å². The maximum Gasteiger partial charge on any atom is 0.321 e. The second kappa shape index (κ2) is 7.52. The van der Waals surface area contributed by atoms with Crippen LogP contribution in [0.2, 0.25) is 0 Å². The summed E-state index contributed by atoms with van der Waals surface area (Å²) in [6.45, 7) is 9.85. The van der Waals surface area contributed by atoms with Crippen LogP contribution in [0.5, 0.6) is 0 Å². The molecule has 0 spiro atoms. The Morgan fingerprint density at radius 3 is 2.76 bits per heavy atom. The van der Waals surface area contributed by atoms with E-state index >= 15 is 0 Å². The second-order valence-corrected chi connectivity index (χ2v) is 8.47. The van der Waals surface area contributed by atoms with Gasteiger partial charge in [0.25, 0.3) is 0 Å². The van der Waals surface area contributed by atoms with E-state index in [1.165, 1.54) is 0 Å². The Labute approximate surface area is 153 Å². The minimum Gasteiger partial charge on any atom is -0.322 e. The van der Waals surface area contributed by atoms with Gasteiger partial charge in [-0.05, 0) is 38.5 Å². The smallest absolute Gasteiger partial charge is 0.321 e. The number of para-hydroxylation sites is 1. The molecule has 1 unspecified atom stereocenters. The zero-order valence-electron chi connectivity index (χ0n) is 15.3. The third-order valence-corrected chi connectivity index (χ3v) is 5.41. The van der Waals surface area contributed by atoms with Crippen LogP contribution < -0.4 is 5.32 Å². The molecule has 1 fully saturated rings. The van der Waals surface area contributed by atoms with E-state index in [1.54, 1.807) is 11.8 Å². The Morgan fingerprint density at radius 1 is 1.32 bits per heavy atom. The molecule has 1 aromatic carbocycles. The molecule has 1 atom stereocenters. The summed E-state index contributed by atoms with van der Waals surface area (Å²) >= 11 is 1.76. The molecule has 3 rings (SSSR count). The van der Waals surface area contributed by atoms with Gasteiger partial charge in [-0.15, -0.1) is 11.8 Å². The number of hydrogen-bond acceptors (Lipinski definition) is 3. The Hall–Kier alpha value is -1.95. The van der Waals surface area contributed by atoms with Crippen molar-refractivity contribution in [2.75, 3.05) is 18.4 Å². The topological polar surface area (TPSA) is 50.2 Å². The lowest BCUT2D eigenvalue weighted by atomic mass is 10.2. The number of carbonyl (C=O) groups is 1. The molecule has 25 heavy (non-hydrogen) atoms. The van der Waals surface area contributed by atoms with Crippen LogP contribution in [0.1, 0.15) is 37.7 Å². The number of benzene rings is 1. The highest BCUT2D eigenvalue weighted by Gasteiger charge is 2.29. The highest BCUT2D eigenvalue weighted by molar-refractivity contribution is 8.00. The van der Waals surface area contributed by atoms with Crippen molar-refractivity contribution in [3.63, 3.8) is 0 Å². The number of rotatable bonds is 4. The Bertz CT molecular complexity index is 756. The highest BCUT2D eigenvalue weighted by Crippen LogP contribution is 2.31. The lowest BCUT2D eigenvalue weighted by molar-refractivity contribution is 0.220. The van der Waals surface area contributed by atoms with Crippen LogP contribution in [0, 0.1) is 13.8 Å². The molecular formula is C19H26N4OS. The number of nitrogens with zero attached hydrogens (tertiary/aromatic N) is 3. The van der Waals surface area contributed by atoms with Crippen LogP contribution in [0.25, 0.3) is 0 Å². The molecule has 1 aliphatic rings. The van der Waals surface area contributed by atoms with Gasteiger partial charge in [-0.3, -0.25) is 4.68 Å². The van der Waals surface area contributed by atoms with Gasteiger partial charge in [-0.25, -0.2) is 4.79 Å². The largest absolute Gasteiger partial charge is 0.322 e. The number of anilines is 1. The fraction of sp³-hybridized carbons (Fsp3) is 0.474. The van der Waals surface area contributed by atoms with Crippen molar-refractivity contribution in [3.8, 4) is 0 Å². The number of hydrogen-bond donors (Lipinski definition) is 1. The van der Waals surface area contributed by atoms with Crippen molar-refractivity contribution >= 4 is 23.5 Å². The summed E-state index contributed by atoms with van der Waals surface area (Å²) in [6.07, 6.45) is 0.942. The molecule has 1 saturated heterocycles. The lowest BCUT2D eigenvalue weighted by Crippen LogP contribution is -2.33. The zero-order chi connectivity index (χ0) is 18.0. The molecule has 1 aromatic heterocycles. The van der Waals surface area contributed by atoms with E-state index in [0.29, 0.717) is 11.8 Å². The van der Waals surface area contributed by atoms with Crippen LogP contribution in [0.4, 0.5) is 10.5 Å². The van der Waals surface area contributed by atoms with Crippen LogP contribution in [0.3, 0.4) is 0 Å². The molecule has 6 heteroatoms. The molecule has 2 aromatic rings. The van der Waals surface area contributed by atoms with Crippen molar-refractivity contribution in [1.82, 2.24) is 14.7 Å². The molecule has 0 aliphatic carbocycles. The van der Waals surface area contributed by atoms with Crippen LogP contribution in [-0.4, -0.2) is 39.1 Å². The molecule has 0 radical (unpaired) electrons. The highest BCUT2D eigenvalue weighted by atomic mass is 32.2. The first-order valence-electron chi connectivity index (χ1n) is 8.78. The predicted octanol–water partition coefficient (Wildman–Crippen LogP) is 4.48. The summed E-state index contributed by atoms with van der Waals surface area (Å²) in [6, 6.07) is 10.3. The van der Waals surface area contributed by atoms with Crippen molar-refractivity contribution in [2.24, 2.45) is 0 Å². The van der Waals surface area contributed by atoms with Gasteiger partial charge in [0.2, 0.25) is 0 Å². The molecule has 2 heterocycles. The van der Waals surface area contributed by atoms with E-state index in [0.717, 1.165) is 34.9 Å². The first kappa shape index (κ1) is 17.9. The summed E-state index contributed by atoms with van der Waals surface area (Å²) in [7, 11) is 0. The average Bonchev–Trinajstić information content (AvgIpc) is 3.15. The monoisotopic (exact) mass is 358 g/mol. The van der Waals surface area contributed by atoms with Gasteiger partial charge in [0.05, 0.1) is 17.4 Å². The minimum atomic E-state index is -0.0270. The predicted molar refractivity (Wildman–Crippen MR) is 103 cm³/mol. The molecule has 134 valence electrons. The molecule has 0 bridgehead atoms. The summed E-state index contributed by atoms with van der Waals surface area (Å²) in [5.41, 5.74) is 3.07. The van der Waals surface area contributed by atoms with E-state index in [2.05, 4.69) is 48.0 Å². The van der Waals surface area contributed by atoms with E-state index in [9.17, 15) is 4.79 Å². The number of aromatic nitrogens is 2. The molecule has 2 amide bonds. The number of carbonyl (C=O) groups excluding carboxylic acids is 1. The van der Waals surface area contributed by atoms with E-state index < -0.39 is 0 Å². The molecule has 1 aliphatic heterocycles. The quantitative estimate of drug-likeness (QED) is 0.820. The minimum absolute atomic E-state index is 0.0270. The normalized spacial score (nSPS) is 17.3. The maximum absolute atomic E-state index is 12.7. The van der Waals surface area contributed by atoms with E-state index in [-0.39, 0.29) is 12.1 Å².